The molecule has 0 fully saturated rings. The number of pyridine rings is 1. The number of hydrogen-bond donors (Lipinski definition) is 0. The monoisotopic (exact) mass is 391 g/mol. The maximum absolute atomic E-state index is 9.84. The largest absolute Gasteiger partial charge is 1.00 e. The van der Waals surface area contributed by atoms with Crippen LogP contribution < -0.4 is 4.70 Å². The molecule has 13 heteroatoms. The number of aromatic nitrogens is 1. The summed E-state index contributed by atoms with van der Waals surface area (Å²) in [5, 5.41) is 12.9. The van der Waals surface area contributed by atoms with E-state index < -0.39 is 8.16 Å². The molecule has 0 aliphatic rings. The van der Waals surface area contributed by atoms with Gasteiger partial charge in [0, 0.05) is 6.20 Å². The van der Waals surface area contributed by atoms with Crippen molar-refractivity contribution < 1.29 is 35.1 Å². The van der Waals surface area contributed by atoms with Gasteiger partial charge in [-0.15, -0.1) is 0 Å². The van der Waals surface area contributed by atoms with E-state index in [-0.39, 0.29) is 10.4 Å². The molecule has 25 heavy (non-hydrogen) atoms. The van der Waals surface area contributed by atoms with Gasteiger partial charge in [0.05, 0.1) is 28.2 Å². The summed E-state index contributed by atoms with van der Waals surface area (Å²) in [4.78, 5) is 11.1. The summed E-state index contributed by atoms with van der Waals surface area (Å²) in [7, 11) is -1.23. The molecule has 0 aliphatic heterocycles. The van der Waals surface area contributed by atoms with E-state index in [0.717, 1.165) is 0 Å². The second-order valence-corrected chi connectivity index (χ2v) is 5.85. The van der Waals surface area contributed by atoms with Crippen molar-refractivity contribution in [3.8, 4) is 6.07 Å². The smallest absolute Gasteiger partial charge is 1.00 e. The Labute approximate surface area is 140 Å². The molecule has 0 aliphatic carbocycles. The fraction of sp³-hybridized carbons (Fsp3) is 0.333. The van der Waals surface area contributed by atoms with Crippen LogP contribution in [0.3, 0.4) is 0 Å². The van der Waals surface area contributed by atoms with Gasteiger partial charge < -0.3 is 4.70 Å². The van der Waals surface area contributed by atoms with Gasteiger partial charge in [-0.25, -0.2) is 9.48 Å². The molecule has 6 nitrogen and oxygen atoms in total. The zero-order valence-corrected chi connectivity index (χ0v) is 14.6. The van der Waals surface area contributed by atoms with Gasteiger partial charge in [0.15, 0.2) is 0 Å². The first-order valence-corrected chi connectivity index (χ1v) is 7.88. The van der Waals surface area contributed by atoms with Crippen molar-refractivity contribution in [3.05, 3.63) is 30.1 Å². The molecule has 1 aromatic heterocycles. The number of rotatable bonds is 2. The van der Waals surface area contributed by atoms with E-state index in [1.807, 2.05) is 34.3 Å². The van der Waals surface area contributed by atoms with Gasteiger partial charge >= 0.3 is 35.2 Å². The van der Waals surface area contributed by atoms with E-state index in [0.29, 0.717) is 11.7 Å². The van der Waals surface area contributed by atoms with Crippen LogP contribution in [0, 0.1) is 11.3 Å². The van der Waals surface area contributed by atoms with Crippen LogP contribution in [-0.2, 0) is 4.84 Å². The minimum Gasteiger partial charge on any atom is -1.00 e. The normalized spacial score (nSPS) is 12.2. The second-order valence-electron chi connectivity index (χ2n) is 4.57. The Bertz CT molecular complexity index is 630. The molecule has 1 rings (SSSR count). The third kappa shape index (κ3) is 13.7. The SMILES string of the molecule is CN(C)C(O/N=C(\C#N)c1ccccn1)=[N+](C)C.FP(F)(F)(F)F.[F-]. The Hall–Kier alpha value is -2.41. The number of halogens is 6. The van der Waals surface area contributed by atoms with Crippen LogP contribution in [0.15, 0.2) is 29.6 Å². The molecular weight excluding hydrogens is 375 g/mol. The Morgan fingerprint density at radius 3 is 2.08 bits per heavy atom. The summed E-state index contributed by atoms with van der Waals surface area (Å²) >= 11 is 0. The first-order chi connectivity index (χ1) is 10.8. The van der Waals surface area contributed by atoms with Crippen molar-refractivity contribution in [1.82, 2.24) is 9.88 Å². The molecule has 0 N–H and O–H groups in total. The van der Waals surface area contributed by atoms with Gasteiger partial charge in [0.1, 0.15) is 11.8 Å². The summed E-state index contributed by atoms with van der Waals surface area (Å²) in [5.74, 6) is 0. The molecule has 0 radical (unpaired) electrons. The predicted molar refractivity (Wildman–Crippen MR) is 80.7 cm³/mol. The minimum atomic E-state index is -8.55. The number of amidine groups is 1. The fourth-order valence-corrected chi connectivity index (χ4v) is 1.28. The first-order valence-electron chi connectivity index (χ1n) is 6.19. The molecule has 0 saturated carbocycles. The van der Waals surface area contributed by atoms with E-state index in [1.54, 1.807) is 33.9 Å². The van der Waals surface area contributed by atoms with E-state index in [1.165, 1.54) is 0 Å². The molecular formula is C12H16F6N5OP. The third-order valence-corrected chi connectivity index (χ3v) is 2.00. The molecule has 0 saturated heterocycles. The van der Waals surface area contributed by atoms with E-state index in [2.05, 4.69) is 10.1 Å². The summed E-state index contributed by atoms with van der Waals surface area (Å²) < 4.78 is 51.0. The number of nitrogens with zero attached hydrogens (tertiary/aromatic N) is 5. The summed E-state index contributed by atoms with van der Waals surface area (Å²) in [5.41, 5.74) is 0.619. The van der Waals surface area contributed by atoms with Crippen LogP contribution in [0.5, 0.6) is 0 Å². The van der Waals surface area contributed by atoms with E-state index in [9.17, 15) is 21.0 Å². The van der Waals surface area contributed by atoms with Gasteiger partial charge in [0.2, 0.25) is 5.71 Å². The van der Waals surface area contributed by atoms with Crippen LogP contribution >= 0.6 is 8.16 Å². The van der Waals surface area contributed by atoms with Crippen LogP contribution in [0.4, 0.5) is 21.0 Å². The van der Waals surface area contributed by atoms with E-state index >= 15 is 0 Å². The van der Waals surface area contributed by atoms with Crippen molar-refractivity contribution in [2.24, 2.45) is 5.16 Å². The average Bonchev–Trinajstić information content (AvgIpc) is 2.41. The fourth-order valence-electron chi connectivity index (χ4n) is 1.28. The number of nitriles is 1. The maximum Gasteiger partial charge on any atom is -1.00 e. The van der Waals surface area contributed by atoms with Crippen molar-refractivity contribution in [1.29, 1.82) is 5.26 Å². The molecule has 0 aromatic carbocycles. The predicted octanol–water partition coefficient (Wildman–Crippen LogP) is 0.482. The molecule has 1 heterocycles. The Kier molecular flexibility index (Phi) is 9.72. The Balaban J connectivity index is 0. The zero-order chi connectivity index (χ0) is 19.0. The summed E-state index contributed by atoms with van der Waals surface area (Å²) in [6.45, 7) is 0. The maximum atomic E-state index is 9.84. The molecule has 1 aromatic rings. The Morgan fingerprint density at radius 2 is 1.76 bits per heavy atom. The number of oxime groups is 1. The summed E-state index contributed by atoms with van der Waals surface area (Å²) in [6.07, 6.45) is 1.60. The molecule has 0 spiro atoms. The first kappa shape index (κ1) is 24.8. The van der Waals surface area contributed by atoms with Crippen LogP contribution in [-0.4, -0.2) is 54.4 Å². The van der Waals surface area contributed by atoms with Crippen LogP contribution in [0.1, 0.15) is 5.69 Å². The van der Waals surface area contributed by atoms with Gasteiger partial charge in [-0.1, -0.05) is 11.2 Å². The second kappa shape index (κ2) is 9.78. The van der Waals surface area contributed by atoms with Gasteiger partial charge in [-0.05, 0) is 12.1 Å². The zero-order valence-electron chi connectivity index (χ0n) is 13.7. The van der Waals surface area contributed by atoms with Crippen molar-refractivity contribution in [2.45, 2.75) is 0 Å². The molecule has 142 valence electrons. The summed E-state index contributed by atoms with van der Waals surface area (Å²) in [6, 6.07) is 7.76. The standard InChI is InChI=1S/C12H16N5O.F5P.FH/c1-16(2)12(17(3)4)18-15-11(9-13)10-7-5-6-8-14-10;1-6(2,3,4)5;/h5-8H,1-4H3;;1H/q+1;;/p-1/b15-11+;;. The minimum absolute atomic E-state index is 0. The molecule has 0 atom stereocenters. The Morgan fingerprint density at radius 1 is 1.24 bits per heavy atom. The van der Waals surface area contributed by atoms with Crippen molar-refractivity contribution >= 4 is 19.9 Å². The molecule has 0 amide bonds. The average molecular weight is 391 g/mol. The third-order valence-electron chi connectivity index (χ3n) is 2.00. The van der Waals surface area contributed by atoms with Crippen LogP contribution in [0.25, 0.3) is 0 Å². The molecule has 0 bridgehead atoms. The van der Waals surface area contributed by atoms with Crippen molar-refractivity contribution in [2.75, 3.05) is 28.2 Å². The van der Waals surface area contributed by atoms with Gasteiger partial charge in [-0.3, -0.25) is 9.82 Å². The van der Waals surface area contributed by atoms with E-state index in [4.69, 9.17) is 10.1 Å². The number of hydrogen-bond acceptors (Lipinski definition) is 4. The van der Waals surface area contributed by atoms with Crippen LogP contribution in [0.2, 0.25) is 0 Å². The van der Waals surface area contributed by atoms with Gasteiger partial charge in [-0.2, -0.15) is 5.26 Å². The van der Waals surface area contributed by atoms with Crippen molar-refractivity contribution in [3.63, 3.8) is 0 Å². The quantitative estimate of drug-likeness (QED) is 0.184. The topological polar surface area (TPSA) is 64.5 Å². The molecule has 0 unspecified atom stereocenters. The van der Waals surface area contributed by atoms with Gasteiger partial charge in [0.25, 0.3) is 0 Å².